The van der Waals surface area contributed by atoms with Gasteiger partial charge < -0.3 is 11.1 Å². The summed E-state index contributed by atoms with van der Waals surface area (Å²) in [5, 5.41) is 5.54. The van der Waals surface area contributed by atoms with E-state index in [1.165, 1.54) is 11.3 Å². The number of amides is 1. The molecule has 0 bridgehead atoms. The lowest BCUT2D eigenvalue weighted by Crippen LogP contribution is -2.26. The van der Waals surface area contributed by atoms with Crippen molar-refractivity contribution in [3.8, 4) is 11.1 Å². The number of hydrogen-bond acceptors (Lipinski definition) is 3. The molecule has 0 aliphatic heterocycles. The van der Waals surface area contributed by atoms with Gasteiger partial charge in [0.25, 0.3) is 5.91 Å². The minimum atomic E-state index is -0.0462. The van der Waals surface area contributed by atoms with E-state index in [0.29, 0.717) is 16.6 Å². The molecule has 0 radical (unpaired) electrons. The summed E-state index contributed by atoms with van der Waals surface area (Å²) in [5.41, 5.74) is 8.52. The molecule has 1 fully saturated rings. The Morgan fingerprint density at radius 3 is 2.67 bits per heavy atom. The Morgan fingerprint density at radius 2 is 2.00 bits per heavy atom. The van der Waals surface area contributed by atoms with Crippen LogP contribution in [0.1, 0.15) is 23.2 Å². The molecule has 18 heavy (non-hydrogen) atoms. The molecule has 1 heterocycles. The van der Waals surface area contributed by atoms with Gasteiger partial charge in [-0.1, -0.05) is 30.3 Å². The van der Waals surface area contributed by atoms with Crippen LogP contribution in [0.3, 0.4) is 0 Å². The van der Waals surface area contributed by atoms with Crippen molar-refractivity contribution >= 4 is 22.2 Å². The molecule has 4 heteroatoms. The van der Waals surface area contributed by atoms with Crippen LogP contribution in [0.4, 0.5) is 5.00 Å². The zero-order valence-electron chi connectivity index (χ0n) is 9.85. The zero-order valence-corrected chi connectivity index (χ0v) is 10.7. The van der Waals surface area contributed by atoms with Crippen molar-refractivity contribution in [2.45, 2.75) is 18.9 Å². The number of carbonyl (C=O) groups is 1. The third-order valence-electron chi connectivity index (χ3n) is 3.04. The van der Waals surface area contributed by atoms with E-state index in [1.54, 1.807) is 0 Å². The first-order valence-electron chi connectivity index (χ1n) is 5.99. The third-order valence-corrected chi connectivity index (χ3v) is 3.86. The first-order chi connectivity index (χ1) is 8.75. The van der Waals surface area contributed by atoms with Crippen LogP contribution in [0.2, 0.25) is 0 Å². The number of benzene rings is 1. The highest BCUT2D eigenvalue weighted by molar-refractivity contribution is 7.15. The fourth-order valence-electron chi connectivity index (χ4n) is 1.92. The lowest BCUT2D eigenvalue weighted by Gasteiger charge is -2.06. The molecule has 1 amide bonds. The molecule has 1 aromatic carbocycles. The molecule has 3 rings (SSSR count). The van der Waals surface area contributed by atoms with Crippen LogP contribution in [0.25, 0.3) is 11.1 Å². The lowest BCUT2D eigenvalue weighted by molar-refractivity contribution is 0.0953. The van der Waals surface area contributed by atoms with Gasteiger partial charge in [0.1, 0.15) is 0 Å². The summed E-state index contributed by atoms with van der Waals surface area (Å²) in [6.07, 6.45) is 2.16. The Labute approximate surface area is 110 Å². The van der Waals surface area contributed by atoms with Crippen molar-refractivity contribution in [2.24, 2.45) is 0 Å². The van der Waals surface area contributed by atoms with E-state index in [2.05, 4.69) is 5.32 Å². The fourth-order valence-corrected chi connectivity index (χ4v) is 2.74. The predicted octanol–water partition coefficient (Wildman–Crippen LogP) is 2.89. The van der Waals surface area contributed by atoms with Crippen molar-refractivity contribution < 1.29 is 4.79 Å². The largest absolute Gasteiger partial charge is 0.390 e. The van der Waals surface area contributed by atoms with Crippen molar-refractivity contribution in [1.29, 1.82) is 0 Å². The molecule has 1 aromatic heterocycles. The standard InChI is InChI=1S/C14H14N2OS/c15-13-12(14(17)16-10-6-7-10)11(8-18-13)9-4-2-1-3-5-9/h1-5,8,10H,6-7,15H2,(H,16,17). The van der Waals surface area contributed by atoms with Crippen LogP contribution in [0.5, 0.6) is 0 Å². The number of anilines is 1. The first-order valence-corrected chi connectivity index (χ1v) is 6.87. The molecule has 3 nitrogen and oxygen atoms in total. The highest BCUT2D eigenvalue weighted by Gasteiger charge is 2.26. The quantitative estimate of drug-likeness (QED) is 0.889. The number of thiophene rings is 1. The smallest absolute Gasteiger partial charge is 0.255 e. The topological polar surface area (TPSA) is 55.1 Å². The molecule has 0 spiro atoms. The molecular weight excluding hydrogens is 244 g/mol. The van der Waals surface area contributed by atoms with Crippen LogP contribution < -0.4 is 11.1 Å². The summed E-state index contributed by atoms with van der Waals surface area (Å²) in [7, 11) is 0. The second-order valence-electron chi connectivity index (χ2n) is 4.50. The van der Waals surface area contributed by atoms with Gasteiger partial charge >= 0.3 is 0 Å². The minimum absolute atomic E-state index is 0.0462. The molecule has 0 saturated heterocycles. The van der Waals surface area contributed by atoms with Crippen molar-refractivity contribution in [2.75, 3.05) is 5.73 Å². The summed E-state index contributed by atoms with van der Waals surface area (Å²) in [6, 6.07) is 10.2. The van der Waals surface area contributed by atoms with Gasteiger partial charge in [0.15, 0.2) is 0 Å². The predicted molar refractivity (Wildman–Crippen MR) is 74.7 cm³/mol. The van der Waals surface area contributed by atoms with E-state index in [9.17, 15) is 4.79 Å². The molecule has 1 saturated carbocycles. The Hall–Kier alpha value is -1.81. The third kappa shape index (κ3) is 2.11. The van der Waals surface area contributed by atoms with Crippen LogP contribution in [-0.4, -0.2) is 11.9 Å². The normalized spacial score (nSPS) is 14.4. The zero-order chi connectivity index (χ0) is 12.5. The molecule has 2 aromatic rings. The van der Waals surface area contributed by atoms with Crippen molar-refractivity contribution in [3.63, 3.8) is 0 Å². The van der Waals surface area contributed by atoms with E-state index < -0.39 is 0 Å². The van der Waals surface area contributed by atoms with Gasteiger partial charge in [0.05, 0.1) is 10.6 Å². The monoisotopic (exact) mass is 258 g/mol. The van der Waals surface area contributed by atoms with Crippen molar-refractivity contribution in [3.05, 3.63) is 41.3 Å². The summed E-state index contributed by atoms with van der Waals surface area (Å²) < 4.78 is 0. The maximum absolute atomic E-state index is 12.2. The second kappa shape index (κ2) is 4.46. The maximum atomic E-state index is 12.2. The Kier molecular flexibility index (Phi) is 2.80. The van der Waals surface area contributed by atoms with Gasteiger partial charge in [0.2, 0.25) is 0 Å². The van der Waals surface area contributed by atoms with Crippen LogP contribution in [-0.2, 0) is 0 Å². The number of rotatable bonds is 3. The Balaban J connectivity index is 1.98. The van der Waals surface area contributed by atoms with E-state index >= 15 is 0 Å². The molecule has 0 atom stereocenters. The van der Waals surface area contributed by atoms with Gasteiger partial charge in [0, 0.05) is 17.0 Å². The summed E-state index contributed by atoms with van der Waals surface area (Å²) >= 11 is 1.42. The summed E-state index contributed by atoms with van der Waals surface area (Å²) in [4.78, 5) is 12.2. The second-order valence-corrected chi connectivity index (χ2v) is 5.41. The summed E-state index contributed by atoms with van der Waals surface area (Å²) in [6.45, 7) is 0. The first kappa shape index (κ1) is 11.3. The number of nitrogens with two attached hydrogens (primary N) is 1. The van der Waals surface area contributed by atoms with E-state index in [0.717, 1.165) is 24.0 Å². The molecule has 3 N–H and O–H groups in total. The van der Waals surface area contributed by atoms with Gasteiger partial charge in [-0.15, -0.1) is 11.3 Å². The number of nitrogens with one attached hydrogen (secondary N) is 1. The van der Waals surface area contributed by atoms with E-state index in [4.69, 9.17) is 5.73 Å². The molecule has 1 aliphatic carbocycles. The minimum Gasteiger partial charge on any atom is -0.390 e. The Bertz CT molecular complexity index is 573. The molecule has 1 aliphatic rings. The number of hydrogen-bond donors (Lipinski definition) is 2. The van der Waals surface area contributed by atoms with Gasteiger partial charge in [-0.05, 0) is 18.4 Å². The maximum Gasteiger partial charge on any atom is 0.255 e. The highest BCUT2D eigenvalue weighted by atomic mass is 32.1. The molecule has 92 valence electrons. The average Bonchev–Trinajstić information content (AvgIpc) is 3.10. The summed E-state index contributed by atoms with van der Waals surface area (Å²) in [5.74, 6) is -0.0462. The SMILES string of the molecule is Nc1scc(-c2ccccc2)c1C(=O)NC1CC1. The average molecular weight is 258 g/mol. The molecular formula is C14H14N2OS. The molecule has 0 unspecified atom stereocenters. The Morgan fingerprint density at radius 1 is 1.28 bits per heavy atom. The fraction of sp³-hybridized carbons (Fsp3) is 0.214. The number of nitrogen functional groups attached to an aromatic ring is 1. The van der Waals surface area contributed by atoms with Gasteiger partial charge in [-0.2, -0.15) is 0 Å². The van der Waals surface area contributed by atoms with Crippen molar-refractivity contribution in [1.82, 2.24) is 5.32 Å². The van der Waals surface area contributed by atoms with Crippen LogP contribution >= 0.6 is 11.3 Å². The lowest BCUT2D eigenvalue weighted by atomic mass is 10.0. The van der Waals surface area contributed by atoms with Gasteiger partial charge in [-0.3, -0.25) is 4.79 Å². The highest BCUT2D eigenvalue weighted by Crippen LogP contribution is 2.34. The van der Waals surface area contributed by atoms with E-state index in [1.807, 2.05) is 35.7 Å². The van der Waals surface area contributed by atoms with E-state index in [-0.39, 0.29) is 5.91 Å². The van der Waals surface area contributed by atoms with Crippen LogP contribution in [0, 0.1) is 0 Å². The number of carbonyl (C=O) groups excluding carboxylic acids is 1. The van der Waals surface area contributed by atoms with Crippen LogP contribution in [0.15, 0.2) is 35.7 Å². The van der Waals surface area contributed by atoms with Gasteiger partial charge in [-0.25, -0.2) is 0 Å².